The van der Waals surface area contributed by atoms with Gasteiger partial charge in [-0.15, -0.1) is 0 Å². The highest BCUT2D eigenvalue weighted by Gasteiger charge is 2.13. The smallest absolute Gasteiger partial charge is 0.0847 e. The number of hydrogen-bond acceptors (Lipinski definition) is 4. The van der Waals surface area contributed by atoms with Gasteiger partial charge in [-0.05, 0) is 22.3 Å². The van der Waals surface area contributed by atoms with Gasteiger partial charge >= 0.3 is 0 Å². The highest BCUT2D eigenvalue weighted by molar-refractivity contribution is 8.76. The Kier molecular flexibility index (Phi) is 9.61. The van der Waals surface area contributed by atoms with E-state index in [0.29, 0.717) is 0 Å². The fourth-order valence-electron chi connectivity index (χ4n) is 3.46. The van der Waals surface area contributed by atoms with Gasteiger partial charge in [0.05, 0.1) is 12.1 Å². The van der Waals surface area contributed by atoms with E-state index in [-0.39, 0.29) is 12.1 Å². The molecule has 4 heteroatoms. The molecule has 0 N–H and O–H groups in total. The second-order valence-corrected chi connectivity index (χ2v) is 10.4. The van der Waals surface area contributed by atoms with Crippen molar-refractivity contribution in [3.05, 3.63) is 144 Å². The molecule has 0 saturated carbocycles. The molecular weight excluding hydrogens is 452 g/mol. The first-order chi connectivity index (χ1) is 16.9. The summed E-state index contributed by atoms with van der Waals surface area (Å²) in [4.78, 5) is 9.85. The molecule has 0 aromatic heterocycles. The van der Waals surface area contributed by atoms with Crippen molar-refractivity contribution >= 4 is 34.0 Å². The molecule has 0 aliphatic carbocycles. The first kappa shape index (κ1) is 24.1. The molecular formula is C30H28N2S2. The summed E-state index contributed by atoms with van der Waals surface area (Å²) < 4.78 is 0. The lowest BCUT2D eigenvalue weighted by molar-refractivity contribution is 0.837. The number of hydrogen-bond donors (Lipinski definition) is 0. The molecule has 0 aliphatic rings. The predicted molar refractivity (Wildman–Crippen MR) is 151 cm³/mol. The van der Waals surface area contributed by atoms with Crippen LogP contribution in [0.2, 0.25) is 0 Å². The molecule has 4 aromatic carbocycles. The Labute approximate surface area is 210 Å². The average molecular weight is 481 g/mol. The molecule has 2 nitrogen and oxygen atoms in total. The zero-order valence-electron chi connectivity index (χ0n) is 19.0. The van der Waals surface area contributed by atoms with Crippen molar-refractivity contribution in [2.45, 2.75) is 12.1 Å². The molecule has 34 heavy (non-hydrogen) atoms. The Morgan fingerprint density at radius 3 is 1.15 bits per heavy atom. The highest BCUT2D eigenvalue weighted by atomic mass is 33.1. The maximum absolute atomic E-state index is 4.93. The molecule has 0 heterocycles. The van der Waals surface area contributed by atoms with Crippen LogP contribution in [0.5, 0.6) is 0 Å². The number of benzene rings is 4. The summed E-state index contributed by atoms with van der Waals surface area (Å²) >= 11 is 0. The van der Waals surface area contributed by atoms with Gasteiger partial charge < -0.3 is 0 Å². The zero-order valence-corrected chi connectivity index (χ0v) is 20.6. The van der Waals surface area contributed by atoms with Crippen LogP contribution in [0.15, 0.2) is 131 Å². The van der Waals surface area contributed by atoms with E-state index in [4.69, 9.17) is 9.98 Å². The maximum Gasteiger partial charge on any atom is 0.0847 e. The minimum Gasteiger partial charge on any atom is -0.284 e. The quantitative estimate of drug-likeness (QED) is 0.123. The van der Waals surface area contributed by atoms with Gasteiger partial charge in [0, 0.05) is 23.9 Å². The van der Waals surface area contributed by atoms with E-state index in [1.165, 1.54) is 11.1 Å². The lowest BCUT2D eigenvalue weighted by atomic mass is 10.1. The zero-order chi connectivity index (χ0) is 23.3. The number of rotatable bonds is 11. The molecule has 0 radical (unpaired) electrons. The molecule has 170 valence electrons. The Balaban J connectivity index is 1.40. The monoisotopic (exact) mass is 480 g/mol. The fraction of sp³-hybridized carbons (Fsp3) is 0.133. The Bertz CT molecular complexity index is 1050. The second kappa shape index (κ2) is 13.6. The lowest BCUT2D eigenvalue weighted by Gasteiger charge is -2.15. The fourth-order valence-corrected chi connectivity index (χ4v) is 5.81. The first-order valence-corrected chi connectivity index (χ1v) is 13.9. The average Bonchev–Trinajstić information content (AvgIpc) is 2.92. The van der Waals surface area contributed by atoms with Crippen LogP contribution in [0.3, 0.4) is 0 Å². The molecule has 0 fully saturated rings. The Hall–Kier alpha value is -3.08. The third kappa shape index (κ3) is 7.75. The molecule has 0 bridgehead atoms. The minimum absolute atomic E-state index is 0.113. The molecule has 4 aromatic rings. The SMILES string of the molecule is C(=N[C@H](CSSC[C@@H](N=Cc1ccccc1)c1ccccc1)c1ccccc1)c1ccccc1. The van der Waals surface area contributed by atoms with E-state index in [1.54, 1.807) is 0 Å². The topological polar surface area (TPSA) is 24.7 Å². The summed E-state index contributed by atoms with van der Waals surface area (Å²) in [5, 5.41) is 0. The molecule has 4 rings (SSSR count). The van der Waals surface area contributed by atoms with E-state index in [2.05, 4.69) is 84.9 Å². The Morgan fingerprint density at radius 2 is 0.794 bits per heavy atom. The van der Waals surface area contributed by atoms with Crippen LogP contribution in [0.4, 0.5) is 0 Å². The number of nitrogens with zero attached hydrogens (tertiary/aromatic N) is 2. The van der Waals surface area contributed by atoms with E-state index in [1.807, 2.05) is 70.4 Å². The van der Waals surface area contributed by atoms with Crippen LogP contribution in [-0.2, 0) is 0 Å². The van der Waals surface area contributed by atoms with Gasteiger partial charge in [0.15, 0.2) is 0 Å². The van der Waals surface area contributed by atoms with Crippen molar-refractivity contribution in [3.8, 4) is 0 Å². The van der Waals surface area contributed by atoms with Crippen molar-refractivity contribution in [2.75, 3.05) is 11.5 Å². The standard InChI is InChI=1S/C30H28N2S2/c1-5-13-25(14-6-1)21-31-29(27-17-9-3-10-18-27)23-33-34-24-30(28-19-11-4-12-20-28)32-22-26-15-7-2-8-16-26/h1-22,29-30H,23-24H2/t29-,30-/m1/s1. The van der Waals surface area contributed by atoms with Crippen molar-refractivity contribution in [3.63, 3.8) is 0 Å². The van der Waals surface area contributed by atoms with Crippen molar-refractivity contribution < 1.29 is 0 Å². The lowest BCUT2D eigenvalue weighted by Crippen LogP contribution is -2.01. The van der Waals surface area contributed by atoms with Gasteiger partial charge in [0.25, 0.3) is 0 Å². The largest absolute Gasteiger partial charge is 0.284 e. The van der Waals surface area contributed by atoms with Gasteiger partial charge in [-0.2, -0.15) is 0 Å². The maximum atomic E-state index is 4.93. The first-order valence-electron chi connectivity index (χ1n) is 11.4. The molecule has 2 atom stereocenters. The van der Waals surface area contributed by atoms with Gasteiger partial charge in [0.1, 0.15) is 0 Å². The van der Waals surface area contributed by atoms with Gasteiger partial charge in [-0.3, -0.25) is 9.98 Å². The Morgan fingerprint density at radius 1 is 0.471 bits per heavy atom. The summed E-state index contributed by atoms with van der Waals surface area (Å²) in [5.41, 5.74) is 4.73. The summed E-state index contributed by atoms with van der Waals surface area (Å²) in [7, 11) is 3.73. The highest BCUT2D eigenvalue weighted by Crippen LogP contribution is 2.33. The molecule has 0 saturated heterocycles. The number of aliphatic imine (C=N–C) groups is 2. The molecule has 0 spiro atoms. The van der Waals surface area contributed by atoms with Gasteiger partial charge in [0.2, 0.25) is 0 Å². The summed E-state index contributed by atoms with van der Waals surface area (Å²) in [6, 6.07) is 41.9. The third-order valence-electron chi connectivity index (χ3n) is 5.31. The molecule has 0 unspecified atom stereocenters. The molecule has 0 aliphatic heterocycles. The predicted octanol–water partition coefficient (Wildman–Crippen LogP) is 8.09. The normalized spacial score (nSPS) is 13.3. The van der Waals surface area contributed by atoms with Crippen molar-refractivity contribution in [2.24, 2.45) is 9.98 Å². The van der Waals surface area contributed by atoms with E-state index in [9.17, 15) is 0 Å². The van der Waals surface area contributed by atoms with Crippen LogP contribution >= 0.6 is 21.6 Å². The van der Waals surface area contributed by atoms with Crippen LogP contribution in [-0.4, -0.2) is 23.9 Å². The minimum atomic E-state index is 0.113. The van der Waals surface area contributed by atoms with Crippen LogP contribution in [0.25, 0.3) is 0 Å². The summed E-state index contributed by atoms with van der Waals surface area (Å²) in [6.45, 7) is 0. The summed E-state index contributed by atoms with van der Waals surface area (Å²) in [6.07, 6.45) is 3.97. The molecule has 0 amide bonds. The van der Waals surface area contributed by atoms with E-state index >= 15 is 0 Å². The van der Waals surface area contributed by atoms with E-state index < -0.39 is 0 Å². The van der Waals surface area contributed by atoms with E-state index in [0.717, 1.165) is 22.6 Å². The summed E-state index contributed by atoms with van der Waals surface area (Å²) in [5.74, 6) is 1.81. The second-order valence-electron chi connectivity index (χ2n) is 7.80. The van der Waals surface area contributed by atoms with Gasteiger partial charge in [-0.1, -0.05) is 143 Å². The van der Waals surface area contributed by atoms with Gasteiger partial charge in [-0.25, -0.2) is 0 Å². The van der Waals surface area contributed by atoms with Crippen molar-refractivity contribution in [1.82, 2.24) is 0 Å². The van der Waals surface area contributed by atoms with Crippen LogP contribution in [0.1, 0.15) is 34.3 Å². The van der Waals surface area contributed by atoms with Crippen molar-refractivity contribution in [1.29, 1.82) is 0 Å². The van der Waals surface area contributed by atoms with Crippen LogP contribution in [0, 0.1) is 0 Å². The third-order valence-corrected chi connectivity index (χ3v) is 7.70. The van der Waals surface area contributed by atoms with Crippen LogP contribution < -0.4 is 0 Å².